The minimum atomic E-state index is -0.607. The summed E-state index contributed by atoms with van der Waals surface area (Å²) in [5.41, 5.74) is 0.416. The van der Waals surface area contributed by atoms with Crippen LogP contribution in [-0.4, -0.2) is 33.1 Å². The van der Waals surface area contributed by atoms with E-state index in [9.17, 15) is 9.90 Å². The van der Waals surface area contributed by atoms with Crippen LogP contribution >= 0.6 is 0 Å². The Balaban J connectivity index is 2.76. The Morgan fingerprint density at radius 3 is 2.62 bits per heavy atom. The van der Waals surface area contributed by atoms with Gasteiger partial charge in [0.2, 0.25) is 0 Å². The maximum absolute atomic E-state index is 11.8. The predicted octanol–water partition coefficient (Wildman–Crippen LogP) is 0.676. The molecule has 0 radical (unpaired) electrons. The Hall–Kier alpha value is -1.49. The number of carbonyl (C=O) groups excluding carboxylic acids is 1. The van der Waals surface area contributed by atoms with E-state index in [2.05, 4.69) is 15.3 Å². The third-order valence-corrected chi connectivity index (χ3v) is 2.56. The van der Waals surface area contributed by atoms with E-state index in [1.807, 2.05) is 6.92 Å². The summed E-state index contributed by atoms with van der Waals surface area (Å²) in [6.07, 6.45) is 3.61. The van der Waals surface area contributed by atoms with Gasteiger partial charge in [-0.2, -0.15) is 0 Å². The van der Waals surface area contributed by atoms with E-state index >= 15 is 0 Å². The summed E-state index contributed by atoms with van der Waals surface area (Å²) < 4.78 is 0. The summed E-state index contributed by atoms with van der Waals surface area (Å²) in [5.74, 6) is -0.314. The van der Waals surface area contributed by atoms with Crippen molar-refractivity contribution in [3.63, 3.8) is 0 Å². The van der Waals surface area contributed by atoms with Crippen LogP contribution in [0.1, 0.15) is 36.5 Å². The fourth-order valence-electron chi connectivity index (χ4n) is 1.09. The first-order valence-corrected chi connectivity index (χ1v) is 5.23. The molecule has 1 atom stereocenters. The average Bonchev–Trinajstić information content (AvgIpc) is 2.29. The van der Waals surface area contributed by atoms with Crippen LogP contribution in [0, 0.1) is 6.92 Å². The first kappa shape index (κ1) is 12.6. The normalized spacial score (nSPS) is 14.2. The third-order valence-electron chi connectivity index (χ3n) is 2.56. The fourth-order valence-corrected chi connectivity index (χ4v) is 1.09. The van der Waals surface area contributed by atoms with Crippen molar-refractivity contribution in [1.29, 1.82) is 0 Å². The molecule has 0 bridgehead atoms. The number of amides is 1. The molecular weight excluding hydrogens is 206 g/mol. The molecule has 0 aliphatic rings. The number of hydrogen-bond donors (Lipinski definition) is 2. The Morgan fingerprint density at radius 2 is 2.19 bits per heavy atom. The van der Waals surface area contributed by atoms with Gasteiger partial charge in [0.1, 0.15) is 5.69 Å². The SMILES string of the molecule is CCC(C)(CO)NC(=O)c1cnc(C)cn1. The quantitative estimate of drug-likeness (QED) is 0.787. The average molecular weight is 223 g/mol. The van der Waals surface area contributed by atoms with Gasteiger partial charge in [-0.25, -0.2) is 4.98 Å². The van der Waals surface area contributed by atoms with Gasteiger partial charge in [-0.3, -0.25) is 9.78 Å². The highest BCUT2D eigenvalue weighted by atomic mass is 16.3. The van der Waals surface area contributed by atoms with Crippen molar-refractivity contribution in [2.24, 2.45) is 0 Å². The van der Waals surface area contributed by atoms with E-state index in [1.165, 1.54) is 12.4 Å². The maximum atomic E-state index is 11.8. The second-order valence-electron chi connectivity index (χ2n) is 4.07. The van der Waals surface area contributed by atoms with Crippen LogP contribution in [0.15, 0.2) is 12.4 Å². The second kappa shape index (κ2) is 5.03. The number of nitrogens with zero attached hydrogens (tertiary/aromatic N) is 2. The Labute approximate surface area is 94.9 Å². The third kappa shape index (κ3) is 3.00. The highest BCUT2D eigenvalue weighted by Crippen LogP contribution is 2.08. The molecule has 1 rings (SSSR count). The van der Waals surface area contributed by atoms with Crippen molar-refractivity contribution in [1.82, 2.24) is 15.3 Å². The smallest absolute Gasteiger partial charge is 0.271 e. The van der Waals surface area contributed by atoms with Crippen molar-refractivity contribution in [3.8, 4) is 0 Å². The molecule has 0 aromatic carbocycles. The second-order valence-corrected chi connectivity index (χ2v) is 4.07. The van der Waals surface area contributed by atoms with Gasteiger partial charge < -0.3 is 10.4 Å². The lowest BCUT2D eigenvalue weighted by Gasteiger charge is -2.26. The zero-order valence-corrected chi connectivity index (χ0v) is 9.82. The standard InChI is InChI=1S/C11H17N3O2/c1-4-11(3,7-15)14-10(16)9-6-12-8(2)5-13-9/h5-6,15H,4,7H2,1-3H3,(H,14,16). The minimum Gasteiger partial charge on any atom is -0.394 e. The van der Waals surface area contributed by atoms with Crippen molar-refractivity contribution in [3.05, 3.63) is 23.8 Å². The maximum Gasteiger partial charge on any atom is 0.271 e. The summed E-state index contributed by atoms with van der Waals surface area (Å²) >= 11 is 0. The monoisotopic (exact) mass is 223 g/mol. The lowest BCUT2D eigenvalue weighted by Crippen LogP contribution is -2.48. The Bertz CT molecular complexity index is 358. The van der Waals surface area contributed by atoms with Crippen LogP contribution < -0.4 is 5.32 Å². The first-order valence-electron chi connectivity index (χ1n) is 5.23. The van der Waals surface area contributed by atoms with Crippen molar-refractivity contribution < 1.29 is 9.90 Å². The Morgan fingerprint density at radius 1 is 1.50 bits per heavy atom. The molecular formula is C11H17N3O2. The van der Waals surface area contributed by atoms with Crippen LogP contribution in [0.2, 0.25) is 0 Å². The van der Waals surface area contributed by atoms with E-state index < -0.39 is 5.54 Å². The predicted molar refractivity (Wildman–Crippen MR) is 60.0 cm³/mol. The molecule has 1 heterocycles. The van der Waals surface area contributed by atoms with Crippen LogP contribution in [0.3, 0.4) is 0 Å². The van der Waals surface area contributed by atoms with Crippen LogP contribution in [0.25, 0.3) is 0 Å². The van der Waals surface area contributed by atoms with Gasteiger partial charge in [-0.1, -0.05) is 6.92 Å². The topological polar surface area (TPSA) is 75.1 Å². The number of aliphatic hydroxyl groups excluding tert-OH is 1. The van der Waals surface area contributed by atoms with Gasteiger partial charge in [-0.05, 0) is 20.3 Å². The number of aromatic nitrogens is 2. The summed E-state index contributed by atoms with van der Waals surface area (Å²) in [5, 5.41) is 11.9. The molecule has 5 heteroatoms. The molecule has 0 saturated carbocycles. The number of aliphatic hydroxyl groups is 1. The number of aryl methyl sites for hydroxylation is 1. The van der Waals surface area contributed by atoms with Gasteiger partial charge in [0.05, 0.1) is 24.0 Å². The van der Waals surface area contributed by atoms with Gasteiger partial charge in [0, 0.05) is 6.20 Å². The molecule has 0 aliphatic heterocycles. The van der Waals surface area contributed by atoms with E-state index in [-0.39, 0.29) is 18.2 Å². The van der Waals surface area contributed by atoms with Gasteiger partial charge >= 0.3 is 0 Å². The van der Waals surface area contributed by atoms with E-state index in [1.54, 1.807) is 13.8 Å². The molecule has 0 fully saturated rings. The zero-order chi connectivity index (χ0) is 12.2. The van der Waals surface area contributed by atoms with Crippen LogP contribution in [0.4, 0.5) is 0 Å². The zero-order valence-electron chi connectivity index (χ0n) is 9.82. The van der Waals surface area contributed by atoms with E-state index in [0.717, 1.165) is 5.69 Å². The summed E-state index contributed by atoms with van der Waals surface area (Å²) in [4.78, 5) is 19.7. The number of hydrogen-bond acceptors (Lipinski definition) is 4. The highest BCUT2D eigenvalue weighted by molar-refractivity contribution is 5.92. The number of rotatable bonds is 4. The number of carbonyl (C=O) groups is 1. The molecule has 2 N–H and O–H groups in total. The van der Waals surface area contributed by atoms with Crippen LogP contribution in [0.5, 0.6) is 0 Å². The highest BCUT2D eigenvalue weighted by Gasteiger charge is 2.24. The minimum absolute atomic E-state index is 0.103. The molecule has 16 heavy (non-hydrogen) atoms. The number of nitrogens with one attached hydrogen (secondary N) is 1. The largest absolute Gasteiger partial charge is 0.394 e. The molecule has 0 saturated heterocycles. The first-order chi connectivity index (χ1) is 7.50. The molecule has 0 spiro atoms. The molecule has 88 valence electrons. The summed E-state index contributed by atoms with van der Waals surface area (Å²) in [6, 6.07) is 0. The van der Waals surface area contributed by atoms with Gasteiger partial charge in [-0.15, -0.1) is 0 Å². The fraction of sp³-hybridized carbons (Fsp3) is 0.545. The molecule has 5 nitrogen and oxygen atoms in total. The van der Waals surface area contributed by atoms with E-state index in [0.29, 0.717) is 6.42 Å². The van der Waals surface area contributed by atoms with Gasteiger partial charge in [0.15, 0.2) is 0 Å². The molecule has 1 aromatic rings. The lowest BCUT2D eigenvalue weighted by molar-refractivity contribution is 0.0842. The van der Waals surface area contributed by atoms with E-state index in [4.69, 9.17) is 0 Å². The molecule has 0 aliphatic carbocycles. The van der Waals surface area contributed by atoms with Crippen molar-refractivity contribution in [2.45, 2.75) is 32.7 Å². The lowest BCUT2D eigenvalue weighted by atomic mass is 10.0. The Kier molecular flexibility index (Phi) is 3.95. The van der Waals surface area contributed by atoms with Gasteiger partial charge in [0.25, 0.3) is 5.91 Å². The molecule has 1 aromatic heterocycles. The summed E-state index contributed by atoms with van der Waals surface area (Å²) in [6.45, 7) is 5.39. The summed E-state index contributed by atoms with van der Waals surface area (Å²) in [7, 11) is 0. The van der Waals surface area contributed by atoms with Crippen molar-refractivity contribution >= 4 is 5.91 Å². The van der Waals surface area contributed by atoms with Crippen LogP contribution in [-0.2, 0) is 0 Å². The molecule has 1 amide bonds. The molecule has 1 unspecified atom stereocenters. The van der Waals surface area contributed by atoms with Crippen molar-refractivity contribution in [2.75, 3.05) is 6.61 Å².